The van der Waals surface area contributed by atoms with Gasteiger partial charge in [-0.25, -0.2) is 0 Å². The van der Waals surface area contributed by atoms with Crippen molar-refractivity contribution >= 4 is 17.7 Å². The van der Waals surface area contributed by atoms with Crippen molar-refractivity contribution < 1.29 is 23.9 Å². The maximum atomic E-state index is 13.0. The molecule has 5 atom stereocenters. The van der Waals surface area contributed by atoms with E-state index in [0.717, 1.165) is 24.8 Å². The lowest BCUT2D eigenvalue weighted by Gasteiger charge is -2.52. The summed E-state index contributed by atoms with van der Waals surface area (Å²) >= 11 is 0. The van der Waals surface area contributed by atoms with E-state index in [0.29, 0.717) is 24.2 Å². The molecule has 0 spiro atoms. The van der Waals surface area contributed by atoms with Gasteiger partial charge in [0.15, 0.2) is 11.4 Å². The molecule has 3 aliphatic rings. The Morgan fingerprint density at radius 2 is 1.93 bits per heavy atom. The Labute approximate surface area is 171 Å². The first kappa shape index (κ1) is 19.7. The molecular formula is C24H26O5. The molecular weight excluding hydrogens is 368 g/mol. The molecule has 0 N–H and O–H groups in total. The van der Waals surface area contributed by atoms with Crippen LogP contribution < -0.4 is 4.74 Å². The molecule has 0 radical (unpaired) electrons. The van der Waals surface area contributed by atoms with E-state index in [1.807, 2.05) is 6.07 Å². The number of Topliss-reactive ketones (excluding diaryl/α,β-unsaturated/α-hetero) is 1. The number of fused-ring (bicyclic) bond motifs is 5. The third kappa shape index (κ3) is 2.88. The van der Waals surface area contributed by atoms with E-state index in [1.54, 1.807) is 12.1 Å². The Balaban J connectivity index is 1.69. The molecule has 0 aromatic heterocycles. The van der Waals surface area contributed by atoms with Gasteiger partial charge in [0.1, 0.15) is 5.75 Å². The maximum absolute atomic E-state index is 13.0. The number of ether oxygens (including phenoxy) is 2. The second-order valence-electron chi connectivity index (χ2n) is 8.91. The minimum absolute atomic E-state index is 0.0743. The average Bonchev–Trinajstić information content (AvgIpc) is 2.94. The highest BCUT2D eigenvalue weighted by molar-refractivity contribution is 5.99. The smallest absolute Gasteiger partial charge is 0.308 e. The van der Waals surface area contributed by atoms with Crippen LogP contribution in [0.5, 0.6) is 5.75 Å². The van der Waals surface area contributed by atoms with Crippen LogP contribution in [-0.2, 0) is 14.3 Å². The fourth-order valence-corrected chi connectivity index (χ4v) is 6.29. The summed E-state index contributed by atoms with van der Waals surface area (Å²) in [5.41, 5.74) is 0.478. The van der Waals surface area contributed by atoms with Crippen LogP contribution in [0.25, 0.3) is 0 Å². The number of hydrogen-bond donors (Lipinski definition) is 0. The molecule has 5 unspecified atom stereocenters. The highest BCUT2D eigenvalue weighted by Crippen LogP contribution is 2.65. The Morgan fingerprint density at radius 1 is 1.17 bits per heavy atom. The quantitative estimate of drug-likeness (QED) is 0.430. The van der Waals surface area contributed by atoms with E-state index >= 15 is 0 Å². The average molecular weight is 394 g/mol. The summed E-state index contributed by atoms with van der Waals surface area (Å²) in [6.45, 7) is 4.89. The van der Waals surface area contributed by atoms with Gasteiger partial charge in [-0.3, -0.25) is 14.4 Å². The van der Waals surface area contributed by atoms with Crippen LogP contribution in [0.15, 0.2) is 18.2 Å². The zero-order chi connectivity index (χ0) is 21.0. The highest BCUT2D eigenvalue weighted by atomic mass is 16.6. The number of rotatable bonds is 2. The van der Waals surface area contributed by atoms with Gasteiger partial charge >= 0.3 is 11.9 Å². The summed E-state index contributed by atoms with van der Waals surface area (Å²) in [7, 11) is 0. The molecule has 4 rings (SSSR count). The van der Waals surface area contributed by atoms with Crippen molar-refractivity contribution in [2.75, 3.05) is 0 Å². The van der Waals surface area contributed by atoms with Gasteiger partial charge in [-0.05, 0) is 61.1 Å². The van der Waals surface area contributed by atoms with Gasteiger partial charge in [0.2, 0.25) is 0 Å². The van der Waals surface area contributed by atoms with Crippen molar-refractivity contribution in [1.29, 1.82) is 0 Å². The molecule has 0 aliphatic heterocycles. The van der Waals surface area contributed by atoms with Gasteiger partial charge in [-0.15, -0.1) is 6.42 Å². The van der Waals surface area contributed by atoms with Crippen LogP contribution in [0.4, 0.5) is 0 Å². The monoisotopic (exact) mass is 394 g/mol. The molecule has 0 saturated heterocycles. The van der Waals surface area contributed by atoms with Gasteiger partial charge in [-0.2, -0.15) is 0 Å². The van der Waals surface area contributed by atoms with E-state index in [2.05, 4.69) is 12.8 Å². The van der Waals surface area contributed by atoms with E-state index in [9.17, 15) is 14.4 Å². The van der Waals surface area contributed by atoms with Crippen LogP contribution >= 0.6 is 0 Å². The van der Waals surface area contributed by atoms with Gasteiger partial charge in [0.25, 0.3) is 0 Å². The maximum Gasteiger partial charge on any atom is 0.308 e. The summed E-state index contributed by atoms with van der Waals surface area (Å²) in [5, 5.41) is 0. The summed E-state index contributed by atoms with van der Waals surface area (Å²) in [4.78, 5) is 36.1. The largest absolute Gasteiger partial charge is 0.445 e. The van der Waals surface area contributed by atoms with Crippen molar-refractivity contribution in [1.82, 2.24) is 0 Å². The summed E-state index contributed by atoms with van der Waals surface area (Å²) in [6.07, 6.45) is 9.57. The van der Waals surface area contributed by atoms with Gasteiger partial charge < -0.3 is 9.47 Å². The number of ketones is 1. The number of hydrogen-bond acceptors (Lipinski definition) is 5. The van der Waals surface area contributed by atoms with E-state index in [1.165, 1.54) is 13.8 Å². The molecule has 0 bridgehead atoms. The molecule has 0 heterocycles. The Bertz CT molecular complexity index is 941. The molecule has 1 aromatic carbocycles. The SMILES string of the molecule is C#CC1(OC(C)=O)CCC2C3CC(=O)c4cc(OC(C)=O)ccc4C3CCC21C. The van der Waals surface area contributed by atoms with Crippen molar-refractivity contribution in [2.24, 2.45) is 17.3 Å². The van der Waals surface area contributed by atoms with Gasteiger partial charge in [0.05, 0.1) is 0 Å². The fraction of sp³-hybridized carbons (Fsp3) is 0.542. The van der Waals surface area contributed by atoms with Crippen LogP contribution in [0.3, 0.4) is 0 Å². The van der Waals surface area contributed by atoms with Crippen LogP contribution in [-0.4, -0.2) is 23.3 Å². The standard InChI is InChI=1S/C24H26O5/c1-5-24(29-15(3)26)11-9-21-19-13-22(27)20-12-16(28-14(2)25)6-7-17(20)18(19)8-10-23(21,24)4/h1,6-7,12,18-19,21H,8-11,13H2,2-4H3. The molecule has 0 amide bonds. The van der Waals surface area contributed by atoms with Crippen molar-refractivity contribution in [3.63, 3.8) is 0 Å². The molecule has 5 nitrogen and oxygen atoms in total. The number of carbonyl (C=O) groups is 3. The second kappa shape index (κ2) is 6.73. The van der Waals surface area contributed by atoms with E-state index in [-0.39, 0.29) is 34.9 Å². The lowest BCUT2D eigenvalue weighted by molar-refractivity contribution is -0.165. The number of benzene rings is 1. The first-order chi connectivity index (χ1) is 13.7. The molecule has 29 heavy (non-hydrogen) atoms. The highest BCUT2D eigenvalue weighted by Gasteiger charge is 2.64. The number of carbonyl (C=O) groups excluding carboxylic acids is 3. The number of esters is 2. The van der Waals surface area contributed by atoms with E-state index < -0.39 is 11.6 Å². The summed E-state index contributed by atoms with van der Waals surface area (Å²) in [5.74, 6) is 3.22. The Kier molecular flexibility index (Phi) is 4.57. The van der Waals surface area contributed by atoms with Crippen molar-refractivity contribution in [2.45, 2.75) is 64.4 Å². The minimum atomic E-state index is -0.892. The predicted molar refractivity (Wildman–Crippen MR) is 106 cm³/mol. The molecule has 152 valence electrons. The topological polar surface area (TPSA) is 69.7 Å². The zero-order valence-corrected chi connectivity index (χ0v) is 17.1. The minimum Gasteiger partial charge on any atom is -0.445 e. The number of terminal acetylenes is 1. The zero-order valence-electron chi connectivity index (χ0n) is 17.1. The Hall–Kier alpha value is -2.61. The van der Waals surface area contributed by atoms with Crippen LogP contribution in [0, 0.1) is 29.6 Å². The predicted octanol–water partition coefficient (Wildman–Crippen LogP) is 4.04. The fourth-order valence-electron chi connectivity index (χ4n) is 6.29. The van der Waals surface area contributed by atoms with Crippen LogP contribution in [0.1, 0.15) is 74.7 Å². The van der Waals surface area contributed by atoms with Gasteiger partial charge in [0, 0.05) is 31.2 Å². The first-order valence-corrected chi connectivity index (χ1v) is 10.2. The van der Waals surface area contributed by atoms with E-state index in [4.69, 9.17) is 15.9 Å². The summed E-state index contributed by atoms with van der Waals surface area (Å²) in [6, 6.07) is 5.39. The molecule has 2 saturated carbocycles. The molecule has 5 heteroatoms. The first-order valence-electron chi connectivity index (χ1n) is 10.2. The van der Waals surface area contributed by atoms with Gasteiger partial charge in [-0.1, -0.05) is 18.9 Å². The molecule has 1 aromatic rings. The second-order valence-corrected chi connectivity index (χ2v) is 8.91. The third-order valence-electron chi connectivity index (χ3n) is 7.52. The molecule has 2 fully saturated rings. The molecule has 3 aliphatic carbocycles. The van der Waals surface area contributed by atoms with Crippen LogP contribution in [0.2, 0.25) is 0 Å². The normalized spacial score (nSPS) is 35.0. The lowest BCUT2D eigenvalue weighted by atomic mass is 9.53. The lowest BCUT2D eigenvalue weighted by Crippen LogP contribution is -2.52. The Morgan fingerprint density at radius 3 is 2.59 bits per heavy atom. The third-order valence-corrected chi connectivity index (χ3v) is 7.52. The summed E-state index contributed by atoms with van der Waals surface area (Å²) < 4.78 is 10.9. The van der Waals surface area contributed by atoms with Crippen molar-refractivity contribution in [3.05, 3.63) is 29.3 Å². The van der Waals surface area contributed by atoms with Crippen molar-refractivity contribution in [3.8, 4) is 18.1 Å².